The molecule has 0 saturated carbocycles. The SMILES string of the molecule is CC(C)N(C(=O)C(F)(F)C(F)(F)C(F)(F)C(F)(F)C(F)(F)C(F)F)C(C)C. The number of alkyl halides is 12. The summed E-state index contributed by atoms with van der Waals surface area (Å²) in [5.41, 5.74) is 0. The lowest BCUT2D eigenvalue weighted by Crippen LogP contribution is -2.71. The monoisotopic (exact) mass is 429 g/mol. The van der Waals surface area contributed by atoms with Crippen LogP contribution in [0.2, 0.25) is 0 Å². The lowest BCUT2D eigenvalue weighted by atomic mass is 9.93. The van der Waals surface area contributed by atoms with Gasteiger partial charge in [0.05, 0.1) is 0 Å². The summed E-state index contributed by atoms with van der Waals surface area (Å²) >= 11 is 0. The highest BCUT2D eigenvalue weighted by atomic mass is 19.4. The van der Waals surface area contributed by atoms with Gasteiger partial charge in [-0.3, -0.25) is 4.79 Å². The molecular formula is C13H15F12NO. The Morgan fingerprint density at radius 2 is 1.00 bits per heavy atom. The van der Waals surface area contributed by atoms with Crippen molar-refractivity contribution in [2.24, 2.45) is 0 Å². The Hall–Kier alpha value is -1.37. The predicted octanol–water partition coefficient (Wildman–Crippen LogP) is 5.07. The molecule has 0 aliphatic carbocycles. The standard InChI is InChI=1S/C13H15F12NO/c1-5(2)26(6(3)4)8(27)10(18,19)12(22,23)13(24,25)11(20,21)9(16,17)7(14)15/h5-7H,1-4H3. The fourth-order valence-corrected chi connectivity index (χ4v) is 2.10. The van der Waals surface area contributed by atoms with Crippen molar-refractivity contribution in [3.63, 3.8) is 0 Å². The minimum Gasteiger partial charge on any atom is -0.332 e. The molecule has 0 unspecified atom stereocenters. The predicted molar refractivity (Wildman–Crippen MR) is 67.9 cm³/mol. The third-order valence-electron chi connectivity index (χ3n) is 3.49. The van der Waals surface area contributed by atoms with Crippen molar-refractivity contribution >= 4 is 5.91 Å². The van der Waals surface area contributed by atoms with Gasteiger partial charge in [0, 0.05) is 12.1 Å². The first-order valence-corrected chi connectivity index (χ1v) is 7.12. The van der Waals surface area contributed by atoms with Crippen LogP contribution < -0.4 is 0 Å². The molecule has 162 valence electrons. The maximum atomic E-state index is 13.8. The number of carbonyl (C=O) groups is 1. The molecule has 0 heterocycles. The van der Waals surface area contributed by atoms with E-state index in [9.17, 15) is 57.5 Å². The van der Waals surface area contributed by atoms with E-state index < -0.39 is 54.0 Å². The van der Waals surface area contributed by atoms with Crippen LogP contribution in [0, 0.1) is 0 Å². The first kappa shape index (κ1) is 25.6. The van der Waals surface area contributed by atoms with Crippen LogP contribution in [0.3, 0.4) is 0 Å². The Labute approximate surface area is 145 Å². The number of hydrogen-bond donors (Lipinski definition) is 0. The summed E-state index contributed by atoms with van der Waals surface area (Å²) in [6, 6.07) is -2.62. The zero-order valence-electron chi connectivity index (χ0n) is 14.1. The number of carbonyl (C=O) groups excluding carboxylic acids is 1. The normalized spacial score (nSPS) is 15.1. The van der Waals surface area contributed by atoms with Crippen molar-refractivity contribution in [2.45, 2.75) is 75.8 Å². The highest BCUT2D eigenvalue weighted by Crippen LogP contribution is 2.58. The van der Waals surface area contributed by atoms with E-state index in [0.29, 0.717) is 0 Å². The molecule has 0 N–H and O–H groups in total. The summed E-state index contributed by atoms with van der Waals surface area (Å²) in [6.07, 6.45) is -5.58. The lowest BCUT2D eigenvalue weighted by molar-refractivity contribution is -0.407. The van der Waals surface area contributed by atoms with Gasteiger partial charge in [-0.1, -0.05) is 0 Å². The average molecular weight is 429 g/mol. The minimum atomic E-state index is -7.71. The number of halogens is 12. The minimum absolute atomic E-state index is 0.0760. The summed E-state index contributed by atoms with van der Waals surface area (Å²) in [5, 5.41) is 0. The molecule has 1 amide bonds. The summed E-state index contributed by atoms with van der Waals surface area (Å²) in [7, 11) is 0. The third kappa shape index (κ3) is 3.67. The molecule has 0 spiro atoms. The van der Waals surface area contributed by atoms with Gasteiger partial charge < -0.3 is 4.90 Å². The van der Waals surface area contributed by atoms with E-state index in [2.05, 4.69) is 0 Å². The molecule has 0 aromatic rings. The Morgan fingerprint density at radius 1 is 0.667 bits per heavy atom. The van der Waals surface area contributed by atoms with E-state index in [1.165, 1.54) is 0 Å². The molecule has 0 saturated heterocycles. The zero-order valence-corrected chi connectivity index (χ0v) is 14.1. The highest BCUT2D eigenvalue weighted by molar-refractivity contribution is 5.85. The third-order valence-corrected chi connectivity index (χ3v) is 3.49. The van der Waals surface area contributed by atoms with Crippen molar-refractivity contribution < 1.29 is 57.5 Å². The van der Waals surface area contributed by atoms with E-state index in [0.717, 1.165) is 27.7 Å². The van der Waals surface area contributed by atoms with Crippen molar-refractivity contribution in [3.05, 3.63) is 0 Å². The molecule has 0 bridgehead atoms. The average Bonchev–Trinajstić information content (AvgIpc) is 2.45. The fraction of sp³-hybridized carbons (Fsp3) is 0.923. The Morgan fingerprint density at radius 3 is 1.26 bits per heavy atom. The van der Waals surface area contributed by atoms with Crippen molar-refractivity contribution in [2.75, 3.05) is 0 Å². The number of amides is 1. The second-order valence-corrected chi connectivity index (χ2v) is 6.12. The van der Waals surface area contributed by atoms with E-state index >= 15 is 0 Å². The summed E-state index contributed by atoms with van der Waals surface area (Å²) < 4.78 is 157. The molecule has 0 aromatic carbocycles. The smallest absolute Gasteiger partial charge is 0.332 e. The first-order chi connectivity index (χ1) is 11.6. The molecular weight excluding hydrogens is 414 g/mol. The van der Waals surface area contributed by atoms with Crippen molar-refractivity contribution in [3.8, 4) is 0 Å². The second kappa shape index (κ2) is 7.22. The number of rotatable bonds is 8. The Kier molecular flexibility index (Phi) is 6.86. The van der Waals surface area contributed by atoms with E-state index in [4.69, 9.17) is 0 Å². The first-order valence-electron chi connectivity index (χ1n) is 7.12. The van der Waals surface area contributed by atoms with Gasteiger partial charge in [-0.2, -0.15) is 43.9 Å². The second-order valence-electron chi connectivity index (χ2n) is 6.12. The Bertz CT molecular complexity index is 535. The molecule has 0 aromatic heterocycles. The fourth-order valence-electron chi connectivity index (χ4n) is 2.10. The molecule has 0 radical (unpaired) electrons. The molecule has 27 heavy (non-hydrogen) atoms. The van der Waals surface area contributed by atoms with Gasteiger partial charge in [-0.15, -0.1) is 0 Å². The van der Waals surface area contributed by atoms with E-state index in [1.807, 2.05) is 0 Å². The molecule has 0 aliphatic heterocycles. The highest BCUT2D eigenvalue weighted by Gasteiger charge is 2.89. The van der Waals surface area contributed by atoms with Gasteiger partial charge in [0.25, 0.3) is 5.91 Å². The Balaban J connectivity index is 6.40. The van der Waals surface area contributed by atoms with Gasteiger partial charge >= 0.3 is 36.0 Å². The lowest BCUT2D eigenvalue weighted by Gasteiger charge is -2.41. The van der Waals surface area contributed by atoms with Crippen LogP contribution in [-0.2, 0) is 4.79 Å². The van der Waals surface area contributed by atoms with Gasteiger partial charge in [-0.05, 0) is 27.7 Å². The summed E-state index contributed by atoms with van der Waals surface area (Å²) in [5.74, 6) is -39.5. The number of hydrogen-bond acceptors (Lipinski definition) is 1. The zero-order chi connectivity index (χ0) is 22.4. The quantitative estimate of drug-likeness (QED) is 0.494. The molecule has 0 aliphatic rings. The van der Waals surface area contributed by atoms with Crippen molar-refractivity contribution in [1.29, 1.82) is 0 Å². The summed E-state index contributed by atoms with van der Waals surface area (Å²) in [4.78, 5) is 11.6. The van der Waals surface area contributed by atoms with Gasteiger partial charge in [0.1, 0.15) is 0 Å². The number of nitrogens with zero attached hydrogens (tertiary/aromatic N) is 1. The van der Waals surface area contributed by atoms with Crippen LogP contribution >= 0.6 is 0 Å². The maximum Gasteiger partial charge on any atom is 0.392 e. The molecule has 14 heteroatoms. The van der Waals surface area contributed by atoms with Gasteiger partial charge in [0.15, 0.2) is 0 Å². The molecule has 0 atom stereocenters. The van der Waals surface area contributed by atoms with Crippen LogP contribution in [0.15, 0.2) is 0 Å². The van der Waals surface area contributed by atoms with Crippen molar-refractivity contribution in [1.82, 2.24) is 4.90 Å². The van der Waals surface area contributed by atoms with E-state index in [1.54, 1.807) is 0 Å². The van der Waals surface area contributed by atoms with Crippen LogP contribution in [0.4, 0.5) is 52.7 Å². The van der Waals surface area contributed by atoms with Crippen LogP contribution in [0.5, 0.6) is 0 Å². The maximum absolute atomic E-state index is 13.8. The topological polar surface area (TPSA) is 20.3 Å². The molecule has 2 nitrogen and oxygen atoms in total. The van der Waals surface area contributed by atoms with Crippen LogP contribution in [-0.4, -0.2) is 58.9 Å². The van der Waals surface area contributed by atoms with Gasteiger partial charge in [-0.25, -0.2) is 8.78 Å². The van der Waals surface area contributed by atoms with Crippen LogP contribution in [0.1, 0.15) is 27.7 Å². The summed E-state index contributed by atoms with van der Waals surface area (Å²) in [6.45, 7) is 3.96. The van der Waals surface area contributed by atoms with E-state index in [-0.39, 0.29) is 4.90 Å². The molecule has 0 rings (SSSR count). The van der Waals surface area contributed by atoms with Gasteiger partial charge in [0.2, 0.25) is 0 Å². The van der Waals surface area contributed by atoms with Crippen LogP contribution in [0.25, 0.3) is 0 Å². The largest absolute Gasteiger partial charge is 0.392 e. The molecule has 0 fully saturated rings.